The Balaban J connectivity index is 1.45. The van der Waals surface area contributed by atoms with Gasteiger partial charge in [0.15, 0.2) is 0 Å². The summed E-state index contributed by atoms with van der Waals surface area (Å²) in [6.45, 7) is 2.97. The Kier molecular flexibility index (Phi) is 6.77. The number of carbonyl (C=O) groups excluding carboxylic acids is 3. The van der Waals surface area contributed by atoms with Gasteiger partial charge in [0.25, 0.3) is 5.91 Å². The van der Waals surface area contributed by atoms with Crippen LogP contribution in [0.1, 0.15) is 41.6 Å². The second-order valence-electron chi connectivity index (χ2n) is 8.42. The van der Waals surface area contributed by atoms with E-state index in [2.05, 4.69) is 10.2 Å². The van der Waals surface area contributed by atoms with Crippen molar-refractivity contribution in [3.63, 3.8) is 0 Å². The van der Waals surface area contributed by atoms with Crippen LogP contribution >= 0.6 is 11.6 Å². The number of hydrogen-bond acceptors (Lipinski definition) is 4. The molecule has 4 rings (SSSR count). The zero-order chi connectivity index (χ0) is 22.7. The lowest BCUT2D eigenvalue weighted by Gasteiger charge is -2.30. The molecular weight excluding hydrogens is 428 g/mol. The zero-order valence-corrected chi connectivity index (χ0v) is 18.6. The predicted molar refractivity (Wildman–Crippen MR) is 125 cm³/mol. The second kappa shape index (κ2) is 9.71. The number of benzene rings is 2. The minimum Gasteiger partial charge on any atom is -0.369 e. The number of nitrogens with zero attached hydrogens (tertiary/aromatic N) is 2. The molecule has 2 saturated heterocycles. The molecule has 32 heavy (non-hydrogen) atoms. The first-order chi connectivity index (χ1) is 15.4. The summed E-state index contributed by atoms with van der Waals surface area (Å²) in [5, 5.41) is 3.44. The Labute approximate surface area is 192 Å². The summed E-state index contributed by atoms with van der Waals surface area (Å²) in [5.41, 5.74) is 8.15. The van der Waals surface area contributed by atoms with Crippen LogP contribution in [0.4, 0.5) is 11.4 Å². The fourth-order valence-corrected chi connectivity index (χ4v) is 4.57. The van der Waals surface area contributed by atoms with Crippen molar-refractivity contribution < 1.29 is 14.4 Å². The van der Waals surface area contributed by atoms with Crippen LogP contribution in [0, 0.1) is 5.92 Å². The molecule has 2 aliphatic heterocycles. The topological polar surface area (TPSA) is 95.7 Å². The fraction of sp³-hybridized carbons (Fsp3) is 0.375. The van der Waals surface area contributed by atoms with Gasteiger partial charge in [-0.15, -0.1) is 0 Å². The van der Waals surface area contributed by atoms with E-state index in [4.69, 9.17) is 17.3 Å². The number of piperidine rings is 1. The Hall–Kier alpha value is -2.90. The highest BCUT2D eigenvalue weighted by atomic mass is 35.5. The molecule has 7 nitrogen and oxygen atoms in total. The standard InChI is InChI=1S/C24H27ClN4O3/c25-18-6-7-20(21(14-18)29-10-2-5-22(29)30)24(32)27-19-4-1-3-16(13-19)15-28-11-8-17(9-12-28)23(26)31/h1,3-4,6-7,13-14,17H,2,5,8-12,15H2,(H2,26,31)(H,27,32). The van der Waals surface area contributed by atoms with Crippen molar-refractivity contribution in [1.29, 1.82) is 0 Å². The number of anilines is 2. The maximum atomic E-state index is 13.1. The molecule has 0 bridgehead atoms. The van der Waals surface area contributed by atoms with Gasteiger partial charge in [-0.05, 0) is 68.2 Å². The number of amides is 3. The first kappa shape index (κ1) is 22.3. The highest BCUT2D eigenvalue weighted by Crippen LogP contribution is 2.29. The highest BCUT2D eigenvalue weighted by molar-refractivity contribution is 6.31. The molecule has 8 heteroatoms. The molecule has 168 valence electrons. The third kappa shape index (κ3) is 5.11. The van der Waals surface area contributed by atoms with Gasteiger partial charge in [-0.1, -0.05) is 23.7 Å². The van der Waals surface area contributed by atoms with E-state index in [0.717, 1.165) is 44.5 Å². The summed E-state index contributed by atoms with van der Waals surface area (Å²) < 4.78 is 0. The van der Waals surface area contributed by atoms with Crippen LogP contribution in [0.2, 0.25) is 5.02 Å². The summed E-state index contributed by atoms with van der Waals surface area (Å²) in [5.74, 6) is -0.529. The monoisotopic (exact) mass is 454 g/mol. The Morgan fingerprint density at radius 2 is 1.88 bits per heavy atom. The largest absolute Gasteiger partial charge is 0.369 e. The average Bonchev–Trinajstić information content (AvgIpc) is 3.20. The summed E-state index contributed by atoms with van der Waals surface area (Å²) in [4.78, 5) is 40.6. The summed E-state index contributed by atoms with van der Waals surface area (Å²) in [6, 6.07) is 12.7. The van der Waals surface area contributed by atoms with Crippen LogP contribution in [-0.2, 0) is 16.1 Å². The van der Waals surface area contributed by atoms with Gasteiger partial charge >= 0.3 is 0 Å². The molecule has 2 aromatic rings. The van der Waals surface area contributed by atoms with E-state index >= 15 is 0 Å². The molecule has 2 heterocycles. The minimum atomic E-state index is -0.282. The van der Waals surface area contributed by atoms with E-state index < -0.39 is 0 Å². The molecule has 0 saturated carbocycles. The summed E-state index contributed by atoms with van der Waals surface area (Å²) >= 11 is 6.15. The predicted octanol–water partition coefficient (Wildman–Crippen LogP) is 3.42. The molecule has 0 atom stereocenters. The first-order valence-electron chi connectivity index (χ1n) is 10.9. The normalized spacial score (nSPS) is 17.5. The van der Waals surface area contributed by atoms with Crippen LogP contribution in [0.15, 0.2) is 42.5 Å². The maximum Gasteiger partial charge on any atom is 0.257 e. The third-order valence-corrected chi connectivity index (χ3v) is 6.38. The molecule has 3 N–H and O–H groups in total. The molecule has 0 aliphatic carbocycles. The summed E-state index contributed by atoms with van der Waals surface area (Å²) in [6.07, 6.45) is 2.80. The quantitative estimate of drug-likeness (QED) is 0.699. The molecule has 0 unspecified atom stereocenters. The third-order valence-electron chi connectivity index (χ3n) is 6.15. The molecule has 0 spiro atoms. The Bertz CT molecular complexity index is 1030. The van der Waals surface area contributed by atoms with Gasteiger partial charge in [0.05, 0.1) is 11.3 Å². The van der Waals surface area contributed by atoms with Crippen LogP contribution in [0.25, 0.3) is 0 Å². The van der Waals surface area contributed by atoms with E-state index in [-0.39, 0.29) is 23.6 Å². The molecule has 2 fully saturated rings. The van der Waals surface area contributed by atoms with Crippen LogP contribution in [0.3, 0.4) is 0 Å². The molecule has 2 aromatic carbocycles. The van der Waals surface area contributed by atoms with Crippen LogP contribution in [-0.4, -0.2) is 42.3 Å². The second-order valence-corrected chi connectivity index (χ2v) is 8.85. The van der Waals surface area contributed by atoms with Gasteiger partial charge in [-0.2, -0.15) is 0 Å². The molecule has 0 aromatic heterocycles. The van der Waals surface area contributed by atoms with Crippen LogP contribution < -0.4 is 16.0 Å². The van der Waals surface area contributed by atoms with Gasteiger partial charge < -0.3 is 16.0 Å². The van der Waals surface area contributed by atoms with Gasteiger partial charge in [0.1, 0.15) is 0 Å². The van der Waals surface area contributed by atoms with Crippen LogP contribution in [0.5, 0.6) is 0 Å². The molecule has 3 amide bonds. The minimum absolute atomic E-state index is 0.00317. The van der Waals surface area contributed by atoms with Gasteiger partial charge in [0, 0.05) is 36.1 Å². The average molecular weight is 455 g/mol. The van der Waals surface area contributed by atoms with Gasteiger partial charge in [0.2, 0.25) is 11.8 Å². The number of halogens is 1. The number of rotatable bonds is 6. The zero-order valence-electron chi connectivity index (χ0n) is 17.9. The van der Waals surface area contributed by atoms with Crippen molar-refractivity contribution in [2.75, 3.05) is 29.9 Å². The van der Waals surface area contributed by atoms with E-state index in [1.54, 1.807) is 23.1 Å². The fourth-order valence-electron chi connectivity index (χ4n) is 4.40. The number of carbonyl (C=O) groups is 3. The lowest BCUT2D eigenvalue weighted by atomic mass is 9.96. The van der Waals surface area contributed by atoms with Crippen molar-refractivity contribution in [2.24, 2.45) is 11.7 Å². The first-order valence-corrected chi connectivity index (χ1v) is 11.3. The number of hydrogen-bond donors (Lipinski definition) is 2. The molecule has 0 radical (unpaired) electrons. The highest BCUT2D eigenvalue weighted by Gasteiger charge is 2.26. The lowest BCUT2D eigenvalue weighted by molar-refractivity contribution is -0.123. The van der Waals surface area contributed by atoms with E-state index in [1.165, 1.54) is 0 Å². The van der Waals surface area contributed by atoms with Crippen molar-refractivity contribution in [3.05, 3.63) is 58.6 Å². The number of primary amides is 1. The molecule has 2 aliphatic rings. The smallest absolute Gasteiger partial charge is 0.257 e. The SMILES string of the molecule is NC(=O)C1CCN(Cc2cccc(NC(=O)c3ccc(Cl)cc3N3CCCC3=O)c2)CC1. The van der Waals surface area contributed by atoms with E-state index in [1.807, 2.05) is 24.3 Å². The van der Waals surface area contributed by atoms with E-state index in [9.17, 15) is 14.4 Å². The number of nitrogens with two attached hydrogens (primary N) is 1. The van der Waals surface area contributed by atoms with Crippen molar-refractivity contribution >= 4 is 40.7 Å². The summed E-state index contributed by atoms with van der Waals surface area (Å²) in [7, 11) is 0. The Morgan fingerprint density at radius 1 is 1.09 bits per heavy atom. The van der Waals surface area contributed by atoms with Gasteiger partial charge in [-0.3, -0.25) is 19.3 Å². The van der Waals surface area contributed by atoms with Gasteiger partial charge in [-0.25, -0.2) is 0 Å². The van der Waals surface area contributed by atoms with Crippen molar-refractivity contribution in [3.8, 4) is 0 Å². The number of nitrogens with one attached hydrogen (secondary N) is 1. The van der Waals surface area contributed by atoms with Crippen molar-refractivity contribution in [2.45, 2.75) is 32.2 Å². The van der Waals surface area contributed by atoms with Crippen molar-refractivity contribution in [1.82, 2.24) is 4.90 Å². The Morgan fingerprint density at radius 3 is 2.56 bits per heavy atom. The van der Waals surface area contributed by atoms with E-state index in [0.29, 0.717) is 34.9 Å². The molecular formula is C24H27ClN4O3. The number of likely N-dealkylation sites (tertiary alicyclic amines) is 1. The maximum absolute atomic E-state index is 13.1. The lowest BCUT2D eigenvalue weighted by Crippen LogP contribution is -2.38.